The van der Waals surface area contributed by atoms with E-state index in [1.54, 1.807) is 10.9 Å². The average Bonchev–Trinajstić information content (AvgIpc) is 2.79. The van der Waals surface area contributed by atoms with Crippen LogP contribution in [0.1, 0.15) is 19.3 Å². The monoisotopic (exact) mass is 348 g/mol. The fraction of sp³-hybridized carbons (Fsp3) is 0.750. The van der Waals surface area contributed by atoms with Crippen LogP contribution in [0.2, 0.25) is 0 Å². The summed E-state index contributed by atoms with van der Waals surface area (Å²) < 4.78 is 53.4. The minimum atomic E-state index is -3.69. The number of hydrogen-bond acceptors (Lipinski definition) is 5. The number of nitrogens with one attached hydrogen (secondary N) is 1. The second kappa shape index (κ2) is 5.91. The van der Waals surface area contributed by atoms with Crippen LogP contribution in [0.15, 0.2) is 17.3 Å². The maximum Gasteiger partial charge on any atom is 0.246 e. The Labute approximate surface area is 130 Å². The summed E-state index contributed by atoms with van der Waals surface area (Å²) in [5, 5.41) is 4.13. The van der Waals surface area contributed by atoms with E-state index in [1.807, 2.05) is 0 Å². The summed E-state index contributed by atoms with van der Waals surface area (Å²) in [5.74, 6) is 0.366. The van der Waals surface area contributed by atoms with E-state index < -0.39 is 20.0 Å². The largest absolute Gasteiger partial charge is 0.271 e. The number of nitrogens with zero attached hydrogens (tertiary/aromatic N) is 3. The van der Waals surface area contributed by atoms with E-state index in [1.165, 1.54) is 16.9 Å². The first kappa shape index (κ1) is 15.9. The number of hydrogen-bond donors (Lipinski definition) is 1. The van der Waals surface area contributed by atoms with Gasteiger partial charge in [-0.2, -0.15) is 9.40 Å². The lowest BCUT2D eigenvalue weighted by Gasteiger charge is -2.24. The van der Waals surface area contributed by atoms with Crippen molar-refractivity contribution in [2.45, 2.75) is 30.7 Å². The van der Waals surface area contributed by atoms with Crippen LogP contribution in [-0.2, 0) is 26.6 Å². The van der Waals surface area contributed by atoms with Gasteiger partial charge in [-0.1, -0.05) is 6.42 Å². The van der Waals surface area contributed by atoms with Crippen molar-refractivity contribution in [1.29, 1.82) is 0 Å². The van der Waals surface area contributed by atoms with E-state index in [0.29, 0.717) is 5.92 Å². The molecule has 0 radical (unpaired) electrons. The number of rotatable bonds is 4. The molecule has 1 aromatic rings. The molecule has 1 aliphatic carbocycles. The molecular formula is C12H20N4O4S2. The van der Waals surface area contributed by atoms with Gasteiger partial charge in [0.05, 0.1) is 11.9 Å². The molecule has 0 bridgehead atoms. The van der Waals surface area contributed by atoms with Crippen LogP contribution >= 0.6 is 0 Å². The Morgan fingerprint density at radius 3 is 2.77 bits per heavy atom. The van der Waals surface area contributed by atoms with Crippen molar-refractivity contribution in [3.05, 3.63) is 12.4 Å². The Morgan fingerprint density at radius 1 is 1.32 bits per heavy atom. The zero-order valence-electron chi connectivity index (χ0n) is 12.2. The van der Waals surface area contributed by atoms with Gasteiger partial charge in [0.15, 0.2) is 0 Å². The van der Waals surface area contributed by atoms with Crippen LogP contribution in [-0.4, -0.2) is 56.3 Å². The van der Waals surface area contributed by atoms with Crippen LogP contribution in [0.3, 0.4) is 0 Å². The maximum absolute atomic E-state index is 12.6. The zero-order chi connectivity index (χ0) is 15.8. The fourth-order valence-corrected chi connectivity index (χ4v) is 5.16. The Kier molecular flexibility index (Phi) is 4.27. The summed E-state index contributed by atoms with van der Waals surface area (Å²) in [6.45, 7) is 0.935. The highest BCUT2D eigenvalue weighted by molar-refractivity contribution is 7.90. The maximum atomic E-state index is 12.6. The predicted octanol–water partition coefficient (Wildman–Crippen LogP) is -0.393. The van der Waals surface area contributed by atoms with E-state index in [9.17, 15) is 16.8 Å². The summed E-state index contributed by atoms with van der Waals surface area (Å²) in [5.41, 5.74) is 0. The lowest BCUT2D eigenvalue weighted by molar-refractivity contribution is 0.266. The normalized spacial score (nSPS) is 23.8. The molecule has 0 unspecified atom stereocenters. The molecule has 124 valence electrons. The molecule has 0 amide bonds. The molecular weight excluding hydrogens is 328 g/mol. The molecule has 1 aliphatic heterocycles. The standard InChI is InChI=1S/C12H20N4O4S2/c17-21(18)7-6-16(5-4-14-21)22(19,20)12-8-13-15(10-12)9-11-2-1-3-11/h8,10-11,14H,1-7,9H2. The number of aromatic nitrogens is 2. The third kappa shape index (κ3) is 3.34. The highest BCUT2D eigenvalue weighted by Gasteiger charge is 2.30. The molecule has 0 aromatic carbocycles. The molecule has 2 fully saturated rings. The van der Waals surface area contributed by atoms with E-state index in [4.69, 9.17) is 0 Å². The fourth-order valence-electron chi connectivity index (χ4n) is 2.64. The topological polar surface area (TPSA) is 101 Å². The van der Waals surface area contributed by atoms with Crippen LogP contribution in [0.25, 0.3) is 0 Å². The molecule has 8 nitrogen and oxygen atoms in total. The molecule has 22 heavy (non-hydrogen) atoms. The summed E-state index contributed by atoms with van der Waals surface area (Å²) in [6, 6.07) is 0. The van der Waals surface area contributed by atoms with Gasteiger partial charge in [0.25, 0.3) is 0 Å². The summed E-state index contributed by atoms with van der Waals surface area (Å²) in [7, 11) is -7.07. The highest BCUT2D eigenvalue weighted by Crippen LogP contribution is 2.28. The van der Waals surface area contributed by atoms with E-state index in [0.717, 1.165) is 19.4 Å². The van der Waals surface area contributed by atoms with Crippen molar-refractivity contribution in [2.75, 3.05) is 25.4 Å². The van der Waals surface area contributed by atoms with Gasteiger partial charge >= 0.3 is 0 Å². The molecule has 1 aromatic heterocycles. The van der Waals surface area contributed by atoms with Gasteiger partial charge < -0.3 is 0 Å². The zero-order valence-corrected chi connectivity index (χ0v) is 13.8. The first-order valence-corrected chi connectivity index (χ1v) is 10.5. The second-order valence-corrected chi connectivity index (χ2v) is 9.68. The van der Waals surface area contributed by atoms with Crippen LogP contribution in [0.5, 0.6) is 0 Å². The summed E-state index contributed by atoms with van der Waals surface area (Å²) in [4.78, 5) is 0.131. The molecule has 0 spiro atoms. The smallest absolute Gasteiger partial charge is 0.246 e. The third-order valence-corrected chi connectivity index (χ3v) is 7.43. The Bertz CT molecular complexity index is 737. The highest BCUT2D eigenvalue weighted by atomic mass is 32.2. The molecule has 0 atom stereocenters. The van der Waals surface area contributed by atoms with Gasteiger partial charge in [-0.15, -0.1) is 0 Å². The minimum Gasteiger partial charge on any atom is -0.271 e. The first-order chi connectivity index (χ1) is 10.4. The average molecular weight is 348 g/mol. The van der Waals surface area contributed by atoms with E-state index >= 15 is 0 Å². The van der Waals surface area contributed by atoms with Gasteiger partial charge in [-0.3, -0.25) is 4.68 Å². The molecule has 3 rings (SSSR count). The van der Waals surface area contributed by atoms with Crippen molar-refractivity contribution >= 4 is 20.0 Å². The molecule has 1 saturated heterocycles. The first-order valence-electron chi connectivity index (χ1n) is 7.37. The molecule has 10 heteroatoms. The molecule has 2 heterocycles. The quantitative estimate of drug-likeness (QED) is 0.798. The molecule has 2 aliphatic rings. The van der Waals surface area contributed by atoms with Crippen LogP contribution < -0.4 is 4.72 Å². The lowest BCUT2D eigenvalue weighted by Crippen LogP contribution is -2.34. The Morgan fingerprint density at radius 2 is 2.09 bits per heavy atom. The van der Waals surface area contributed by atoms with E-state index in [2.05, 4.69) is 9.82 Å². The van der Waals surface area contributed by atoms with Crippen molar-refractivity contribution < 1.29 is 16.8 Å². The Hall–Kier alpha value is -0.970. The summed E-state index contributed by atoms with van der Waals surface area (Å²) >= 11 is 0. The van der Waals surface area contributed by atoms with Crippen molar-refractivity contribution in [3.63, 3.8) is 0 Å². The second-order valence-electron chi connectivity index (χ2n) is 5.81. The van der Waals surface area contributed by atoms with Gasteiger partial charge in [-0.05, 0) is 18.8 Å². The Balaban J connectivity index is 1.74. The van der Waals surface area contributed by atoms with Gasteiger partial charge in [0.2, 0.25) is 20.0 Å². The molecule has 1 saturated carbocycles. The lowest BCUT2D eigenvalue weighted by atomic mass is 9.85. The third-order valence-electron chi connectivity index (χ3n) is 4.21. The van der Waals surface area contributed by atoms with Crippen LogP contribution in [0.4, 0.5) is 0 Å². The SMILES string of the molecule is O=S1(=O)CCN(S(=O)(=O)c2cnn(CC3CCC3)c2)CCN1. The van der Waals surface area contributed by atoms with Gasteiger partial charge in [-0.25, -0.2) is 21.6 Å². The van der Waals surface area contributed by atoms with Crippen molar-refractivity contribution in [2.24, 2.45) is 5.92 Å². The number of sulfonamides is 2. The van der Waals surface area contributed by atoms with E-state index in [-0.39, 0.29) is 30.3 Å². The van der Waals surface area contributed by atoms with Crippen molar-refractivity contribution in [1.82, 2.24) is 18.8 Å². The van der Waals surface area contributed by atoms with Crippen LogP contribution in [0, 0.1) is 5.92 Å². The molecule has 1 N–H and O–H groups in total. The minimum absolute atomic E-state index is 0.0362. The van der Waals surface area contributed by atoms with Gasteiger partial charge in [0, 0.05) is 32.4 Å². The van der Waals surface area contributed by atoms with Gasteiger partial charge in [0.1, 0.15) is 4.90 Å². The van der Waals surface area contributed by atoms with Crippen molar-refractivity contribution in [3.8, 4) is 0 Å². The summed E-state index contributed by atoms with van der Waals surface area (Å²) in [6.07, 6.45) is 6.45. The predicted molar refractivity (Wildman–Crippen MR) is 80.1 cm³/mol.